The molecular weight excluding hydrogens is 260 g/mol. The number of amides is 1. The standard InChI is InChI=1S/C12H16N6O2/c1-2-4-17(8-11(13)16-20)12(19)9-6-15-18-5-3-14-7-10(9)18/h3,5-7,20H,2,4,8H2,1H3,(H2,13,16). The largest absolute Gasteiger partial charge is 0.409 e. The highest BCUT2D eigenvalue weighted by molar-refractivity contribution is 6.02. The number of aromatic nitrogens is 3. The zero-order valence-electron chi connectivity index (χ0n) is 11.1. The number of fused-ring (bicyclic) bond motifs is 1. The molecule has 0 spiro atoms. The van der Waals surface area contributed by atoms with Gasteiger partial charge in [-0.15, -0.1) is 0 Å². The number of amidine groups is 1. The second-order valence-corrected chi connectivity index (χ2v) is 4.28. The molecule has 0 saturated heterocycles. The van der Waals surface area contributed by atoms with Gasteiger partial charge in [0.1, 0.15) is 0 Å². The maximum atomic E-state index is 12.5. The Morgan fingerprint density at radius 2 is 2.35 bits per heavy atom. The molecule has 0 bridgehead atoms. The molecule has 106 valence electrons. The molecule has 2 heterocycles. The van der Waals surface area contributed by atoms with Gasteiger partial charge in [0.05, 0.1) is 30.0 Å². The van der Waals surface area contributed by atoms with E-state index in [-0.39, 0.29) is 18.3 Å². The number of rotatable bonds is 5. The van der Waals surface area contributed by atoms with Gasteiger partial charge in [0.25, 0.3) is 5.91 Å². The fourth-order valence-corrected chi connectivity index (χ4v) is 1.92. The van der Waals surface area contributed by atoms with Crippen molar-refractivity contribution in [1.82, 2.24) is 19.5 Å². The smallest absolute Gasteiger partial charge is 0.258 e. The quantitative estimate of drug-likeness (QED) is 0.354. The van der Waals surface area contributed by atoms with Crippen LogP contribution in [0.5, 0.6) is 0 Å². The number of nitrogens with two attached hydrogens (primary N) is 1. The van der Waals surface area contributed by atoms with Gasteiger partial charge < -0.3 is 15.8 Å². The normalized spacial score (nSPS) is 11.8. The Morgan fingerprint density at radius 3 is 3.05 bits per heavy atom. The first-order valence-corrected chi connectivity index (χ1v) is 6.20. The Kier molecular flexibility index (Phi) is 4.14. The third-order valence-electron chi connectivity index (χ3n) is 2.82. The second-order valence-electron chi connectivity index (χ2n) is 4.28. The molecule has 0 atom stereocenters. The van der Waals surface area contributed by atoms with Gasteiger partial charge in [0.2, 0.25) is 0 Å². The van der Waals surface area contributed by atoms with E-state index in [9.17, 15) is 4.79 Å². The van der Waals surface area contributed by atoms with Crippen LogP contribution in [0.3, 0.4) is 0 Å². The number of nitrogens with zero attached hydrogens (tertiary/aromatic N) is 5. The van der Waals surface area contributed by atoms with Crippen LogP contribution < -0.4 is 5.73 Å². The maximum absolute atomic E-state index is 12.5. The first kappa shape index (κ1) is 13.8. The Morgan fingerprint density at radius 1 is 1.55 bits per heavy atom. The van der Waals surface area contributed by atoms with Crippen LogP contribution in [0.25, 0.3) is 5.52 Å². The monoisotopic (exact) mass is 276 g/mol. The third kappa shape index (κ3) is 2.68. The van der Waals surface area contributed by atoms with Crippen LogP contribution in [0, 0.1) is 0 Å². The van der Waals surface area contributed by atoms with E-state index < -0.39 is 0 Å². The van der Waals surface area contributed by atoms with Crippen LogP contribution in [0.4, 0.5) is 0 Å². The van der Waals surface area contributed by atoms with E-state index in [2.05, 4.69) is 15.2 Å². The van der Waals surface area contributed by atoms with Gasteiger partial charge >= 0.3 is 0 Å². The predicted molar refractivity (Wildman–Crippen MR) is 72.6 cm³/mol. The van der Waals surface area contributed by atoms with Crippen LogP contribution in [0.1, 0.15) is 23.7 Å². The summed E-state index contributed by atoms with van der Waals surface area (Å²) in [6.07, 6.45) is 7.10. The Labute approximate surface area is 115 Å². The van der Waals surface area contributed by atoms with Crippen LogP contribution in [0.2, 0.25) is 0 Å². The van der Waals surface area contributed by atoms with Gasteiger partial charge in [0, 0.05) is 18.9 Å². The number of carbonyl (C=O) groups is 1. The SMILES string of the molecule is CCCN(C/C(N)=N/O)C(=O)c1cnn2ccncc12. The lowest BCUT2D eigenvalue weighted by molar-refractivity contribution is 0.0780. The lowest BCUT2D eigenvalue weighted by Crippen LogP contribution is -2.39. The van der Waals surface area contributed by atoms with Crippen molar-refractivity contribution in [2.24, 2.45) is 10.9 Å². The van der Waals surface area contributed by atoms with Crippen molar-refractivity contribution in [1.29, 1.82) is 0 Å². The molecule has 0 fully saturated rings. The molecule has 0 aliphatic heterocycles. The Hall–Kier alpha value is -2.64. The van der Waals surface area contributed by atoms with Gasteiger partial charge in [-0.2, -0.15) is 5.10 Å². The van der Waals surface area contributed by atoms with Gasteiger partial charge in [-0.05, 0) is 6.42 Å². The highest BCUT2D eigenvalue weighted by Gasteiger charge is 2.20. The number of oxime groups is 1. The summed E-state index contributed by atoms with van der Waals surface area (Å²) in [6, 6.07) is 0. The molecule has 0 saturated carbocycles. The van der Waals surface area contributed by atoms with E-state index in [0.717, 1.165) is 6.42 Å². The molecule has 1 amide bonds. The zero-order chi connectivity index (χ0) is 14.5. The molecule has 0 aromatic carbocycles. The van der Waals surface area contributed by atoms with Crippen LogP contribution in [-0.4, -0.2) is 49.5 Å². The fourth-order valence-electron chi connectivity index (χ4n) is 1.92. The van der Waals surface area contributed by atoms with Gasteiger partial charge in [-0.25, -0.2) is 4.52 Å². The molecule has 0 unspecified atom stereocenters. The lowest BCUT2D eigenvalue weighted by Gasteiger charge is -2.20. The maximum Gasteiger partial charge on any atom is 0.258 e. The third-order valence-corrected chi connectivity index (χ3v) is 2.82. The molecule has 0 radical (unpaired) electrons. The van der Waals surface area contributed by atoms with Crippen molar-refractivity contribution in [3.8, 4) is 0 Å². The van der Waals surface area contributed by atoms with Crippen LogP contribution in [-0.2, 0) is 0 Å². The molecule has 2 rings (SSSR count). The highest BCUT2D eigenvalue weighted by Crippen LogP contribution is 2.12. The first-order chi connectivity index (χ1) is 9.67. The molecular formula is C12H16N6O2. The summed E-state index contributed by atoms with van der Waals surface area (Å²) < 4.78 is 1.58. The number of hydrogen-bond acceptors (Lipinski definition) is 5. The average Bonchev–Trinajstić information content (AvgIpc) is 2.89. The molecule has 3 N–H and O–H groups in total. The van der Waals surface area contributed by atoms with Crippen molar-refractivity contribution >= 4 is 17.3 Å². The summed E-state index contributed by atoms with van der Waals surface area (Å²) in [4.78, 5) is 18.0. The first-order valence-electron chi connectivity index (χ1n) is 6.20. The average molecular weight is 276 g/mol. The van der Waals surface area contributed by atoms with Gasteiger partial charge in [-0.1, -0.05) is 12.1 Å². The Bertz CT molecular complexity index is 636. The van der Waals surface area contributed by atoms with Crippen molar-refractivity contribution < 1.29 is 10.0 Å². The summed E-state index contributed by atoms with van der Waals surface area (Å²) in [5, 5.41) is 15.6. The molecule has 2 aromatic rings. The molecule has 0 aliphatic carbocycles. The van der Waals surface area contributed by atoms with E-state index in [0.29, 0.717) is 17.6 Å². The highest BCUT2D eigenvalue weighted by atomic mass is 16.4. The summed E-state index contributed by atoms with van der Waals surface area (Å²) in [5.74, 6) is -0.233. The minimum atomic E-state index is -0.221. The van der Waals surface area contributed by atoms with Gasteiger partial charge in [0.15, 0.2) is 5.84 Å². The van der Waals surface area contributed by atoms with Crippen LogP contribution >= 0.6 is 0 Å². The van der Waals surface area contributed by atoms with Crippen molar-refractivity contribution in [3.05, 3.63) is 30.4 Å². The van der Waals surface area contributed by atoms with Crippen molar-refractivity contribution in [2.45, 2.75) is 13.3 Å². The minimum Gasteiger partial charge on any atom is -0.409 e. The Balaban J connectivity index is 2.31. The van der Waals surface area contributed by atoms with E-state index in [4.69, 9.17) is 10.9 Å². The van der Waals surface area contributed by atoms with Crippen LogP contribution in [0.15, 0.2) is 29.9 Å². The molecule has 8 heteroatoms. The minimum absolute atomic E-state index is 0.0126. The molecule has 0 aliphatic rings. The van der Waals surface area contributed by atoms with Crippen molar-refractivity contribution in [3.63, 3.8) is 0 Å². The molecule has 2 aromatic heterocycles. The number of carbonyl (C=O) groups excluding carboxylic acids is 1. The summed E-state index contributed by atoms with van der Waals surface area (Å²) in [5.41, 5.74) is 6.55. The van der Waals surface area contributed by atoms with E-state index in [1.807, 2.05) is 6.92 Å². The zero-order valence-corrected chi connectivity index (χ0v) is 11.1. The molecule has 20 heavy (non-hydrogen) atoms. The summed E-state index contributed by atoms with van der Waals surface area (Å²) in [7, 11) is 0. The lowest BCUT2D eigenvalue weighted by atomic mass is 10.2. The second kappa shape index (κ2) is 6.00. The van der Waals surface area contributed by atoms with Gasteiger partial charge in [-0.3, -0.25) is 9.78 Å². The van der Waals surface area contributed by atoms with E-state index in [1.165, 1.54) is 11.1 Å². The number of hydrogen-bond donors (Lipinski definition) is 2. The predicted octanol–water partition coefficient (Wildman–Crippen LogP) is 0.328. The topological polar surface area (TPSA) is 109 Å². The summed E-state index contributed by atoms with van der Waals surface area (Å²) >= 11 is 0. The molecule has 8 nitrogen and oxygen atoms in total. The fraction of sp³-hybridized carbons (Fsp3) is 0.333. The van der Waals surface area contributed by atoms with E-state index >= 15 is 0 Å². The van der Waals surface area contributed by atoms with E-state index in [1.54, 1.807) is 23.1 Å². The van der Waals surface area contributed by atoms with Crippen molar-refractivity contribution in [2.75, 3.05) is 13.1 Å². The summed E-state index contributed by atoms with van der Waals surface area (Å²) in [6.45, 7) is 2.53.